The van der Waals surface area contributed by atoms with E-state index < -0.39 is 0 Å². The number of hydrogen-bond acceptors (Lipinski definition) is 1. The molecule has 1 heterocycles. The van der Waals surface area contributed by atoms with Crippen LogP contribution in [0.3, 0.4) is 0 Å². The molecule has 1 aromatic heterocycles. The molecular weight excluding hydrogens is 227 g/mol. The van der Waals surface area contributed by atoms with Crippen LogP contribution in [0.25, 0.3) is 10.9 Å². The summed E-state index contributed by atoms with van der Waals surface area (Å²) < 4.78 is 13.3. The van der Waals surface area contributed by atoms with Crippen LogP contribution in [0.4, 0.5) is 4.39 Å². The minimum absolute atomic E-state index is 0.161. The molecule has 4 heteroatoms. The van der Waals surface area contributed by atoms with Gasteiger partial charge in [-0.15, -0.1) is 0 Å². The molecule has 0 saturated carbocycles. The third-order valence-corrected chi connectivity index (χ3v) is 2.93. The van der Waals surface area contributed by atoms with Crippen molar-refractivity contribution in [1.29, 1.82) is 0 Å². The molecule has 0 aliphatic heterocycles. The maximum Gasteiger partial charge on any atom is 0.142 e. The van der Waals surface area contributed by atoms with Crippen LogP contribution >= 0.6 is 11.6 Å². The summed E-state index contributed by atoms with van der Waals surface area (Å²) in [6.07, 6.45) is 2.82. The van der Waals surface area contributed by atoms with E-state index in [1.807, 2.05) is 20.3 Å². The molecule has 0 bridgehead atoms. The van der Waals surface area contributed by atoms with E-state index in [0.29, 0.717) is 0 Å². The van der Waals surface area contributed by atoms with Gasteiger partial charge in [0, 0.05) is 23.6 Å². The second kappa shape index (κ2) is 4.44. The van der Waals surface area contributed by atoms with Crippen molar-refractivity contribution in [1.82, 2.24) is 9.88 Å². The fourth-order valence-electron chi connectivity index (χ4n) is 1.73. The number of H-pyrrole nitrogens is 1. The molecule has 0 fully saturated rings. The lowest BCUT2D eigenvalue weighted by atomic mass is 10.1. The van der Waals surface area contributed by atoms with Crippen LogP contribution < -0.4 is 0 Å². The predicted molar refractivity (Wildman–Crippen MR) is 65.5 cm³/mol. The Labute approximate surface area is 99.0 Å². The highest BCUT2D eigenvalue weighted by atomic mass is 35.5. The number of aromatic nitrogens is 1. The van der Waals surface area contributed by atoms with Crippen LogP contribution in [0.1, 0.15) is 5.56 Å². The van der Waals surface area contributed by atoms with E-state index in [-0.39, 0.29) is 10.8 Å². The van der Waals surface area contributed by atoms with Crippen molar-refractivity contribution in [3.63, 3.8) is 0 Å². The quantitative estimate of drug-likeness (QED) is 0.874. The van der Waals surface area contributed by atoms with E-state index in [9.17, 15) is 4.39 Å². The molecule has 16 heavy (non-hydrogen) atoms. The third kappa shape index (κ3) is 2.20. The van der Waals surface area contributed by atoms with E-state index in [1.54, 1.807) is 6.07 Å². The summed E-state index contributed by atoms with van der Waals surface area (Å²) in [7, 11) is 4.04. The second-order valence-electron chi connectivity index (χ2n) is 4.18. The van der Waals surface area contributed by atoms with Crippen molar-refractivity contribution in [3.8, 4) is 0 Å². The molecule has 0 saturated heterocycles. The minimum Gasteiger partial charge on any atom is -0.361 e. The van der Waals surface area contributed by atoms with Gasteiger partial charge in [-0.2, -0.15) is 0 Å². The summed E-state index contributed by atoms with van der Waals surface area (Å²) in [6, 6.07) is 3.13. The van der Waals surface area contributed by atoms with Crippen LogP contribution in [-0.4, -0.2) is 30.5 Å². The SMILES string of the molecule is CN(C)CCc1c[nH]c2cc(Cl)c(F)cc12. The third-order valence-electron chi connectivity index (χ3n) is 2.64. The fourth-order valence-corrected chi connectivity index (χ4v) is 1.89. The highest BCUT2D eigenvalue weighted by Gasteiger charge is 2.08. The molecule has 0 amide bonds. The van der Waals surface area contributed by atoms with E-state index in [1.165, 1.54) is 6.07 Å². The Hall–Kier alpha value is -1.06. The highest BCUT2D eigenvalue weighted by Crippen LogP contribution is 2.25. The first kappa shape index (κ1) is 11.4. The molecular formula is C12H14ClFN2. The van der Waals surface area contributed by atoms with Gasteiger partial charge in [-0.1, -0.05) is 11.6 Å². The second-order valence-corrected chi connectivity index (χ2v) is 4.59. The Bertz CT molecular complexity index is 505. The monoisotopic (exact) mass is 240 g/mol. The van der Waals surface area contributed by atoms with E-state index in [2.05, 4.69) is 9.88 Å². The maximum atomic E-state index is 13.3. The number of fused-ring (bicyclic) bond motifs is 1. The number of aromatic amines is 1. The van der Waals surface area contributed by atoms with Gasteiger partial charge in [-0.25, -0.2) is 4.39 Å². The maximum absolute atomic E-state index is 13.3. The van der Waals surface area contributed by atoms with Gasteiger partial charge < -0.3 is 9.88 Å². The summed E-state index contributed by atoms with van der Waals surface area (Å²) in [6.45, 7) is 0.942. The van der Waals surface area contributed by atoms with E-state index in [4.69, 9.17) is 11.6 Å². The molecule has 1 N–H and O–H groups in total. The molecule has 2 rings (SSSR count). The average Bonchev–Trinajstić information content (AvgIpc) is 2.58. The first-order valence-electron chi connectivity index (χ1n) is 5.17. The van der Waals surface area contributed by atoms with Gasteiger partial charge >= 0.3 is 0 Å². The van der Waals surface area contributed by atoms with Gasteiger partial charge in [0.25, 0.3) is 0 Å². The molecule has 0 spiro atoms. The lowest BCUT2D eigenvalue weighted by molar-refractivity contribution is 0.414. The predicted octanol–water partition coefficient (Wildman–Crippen LogP) is 3.06. The molecule has 2 aromatic rings. The van der Waals surface area contributed by atoms with Gasteiger partial charge in [-0.3, -0.25) is 0 Å². The zero-order valence-corrected chi connectivity index (χ0v) is 10.1. The molecule has 2 nitrogen and oxygen atoms in total. The summed E-state index contributed by atoms with van der Waals surface area (Å²) in [5.74, 6) is -0.361. The minimum atomic E-state index is -0.361. The Balaban J connectivity index is 2.36. The summed E-state index contributed by atoms with van der Waals surface area (Å²) in [4.78, 5) is 5.21. The average molecular weight is 241 g/mol. The number of nitrogens with zero attached hydrogens (tertiary/aromatic N) is 1. The van der Waals surface area contributed by atoms with Crippen LogP contribution in [0, 0.1) is 5.82 Å². The smallest absolute Gasteiger partial charge is 0.142 e. The van der Waals surface area contributed by atoms with Crippen molar-refractivity contribution in [2.75, 3.05) is 20.6 Å². The van der Waals surface area contributed by atoms with Crippen molar-refractivity contribution >= 4 is 22.5 Å². The number of hydrogen-bond donors (Lipinski definition) is 1. The molecule has 0 aliphatic carbocycles. The fraction of sp³-hybridized carbons (Fsp3) is 0.333. The zero-order chi connectivity index (χ0) is 11.7. The highest BCUT2D eigenvalue weighted by molar-refractivity contribution is 6.31. The zero-order valence-electron chi connectivity index (χ0n) is 9.35. The van der Waals surface area contributed by atoms with Gasteiger partial charge in [-0.05, 0) is 38.2 Å². The number of likely N-dealkylation sites (N-methyl/N-ethyl adjacent to an activating group) is 1. The summed E-state index contributed by atoms with van der Waals surface area (Å²) in [5, 5.41) is 1.08. The van der Waals surface area contributed by atoms with Crippen molar-refractivity contribution in [2.45, 2.75) is 6.42 Å². The summed E-state index contributed by atoms with van der Waals surface area (Å²) >= 11 is 5.72. The number of benzene rings is 1. The van der Waals surface area contributed by atoms with E-state index in [0.717, 1.165) is 29.4 Å². The molecule has 1 aromatic carbocycles. The Kier molecular flexibility index (Phi) is 3.17. The Morgan fingerprint density at radius 1 is 1.38 bits per heavy atom. The normalized spacial score (nSPS) is 11.6. The van der Waals surface area contributed by atoms with Crippen LogP contribution in [0.15, 0.2) is 18.3 Å². The molecule has 86 valence electrons. The summed E-state index contributed by atoms with van der Waals surface area (Å²) in [5.41, 5.74) is 2.01. The first-order chi connectivity index (χ1) is 7.58. The lowest BCUT2D eigenvalue weighted by Crippen LogP contribution is -2.14. The van der Waals surface area contributed by atoms with Gasteiger partial charge in [0.05, 0.1) is 5.02 Å². The Morgan fingerprint density at radius 3 is 2.81 bits per heavy atom. The largest absolute Gasteiger partial charge is 0.361 e. The van der Waals surface area contributed by atoms with Gasteiger partial charge in [0.15, 0.2) is 0 Å². The number of halogens is 2. The lowest BCUT2D eigenvalue weighted by Gasteiger charge is -2.08. The van der Waals surface area contributed by atoms with Crippen LogP contribution in [0.5, 0.6) is 0 Å². The van der Waals surface area contributed by atoms with Crippen molar-refractivity contribution in [2.24, 2.45) is 0 Å². The van der Waals surface area contributed by atoms with Gasteiger partial charge in [0.1, 0.15) is 5.82 Å². The molecule has 0 unspecified atom stereocenters. The molecule has 0 aliphatic rings. The Morgan fingerprint density at radius 2 is 2.12 bits per heavy atom. The molecule has 0 atom stereocenters. The van der Waals surface area contributed by atoms with Crippen LogP contribution in [-0.2, 0) is 6.42 Å². The van der Waals surface area contributed by atoms with E-state index >= 15 is 0 Å². The topological polar surface area (TPSA) is 19.0 Å². The van der Waals surface area contributed by atoms with Crippen LogP contribution in [0.2, 0.25) is 5.02 Å². The standard InChI is InChI=1S/C12H14ClFN2/c1-16(2)4-3-8-7-15-12-6-10(13)11(14)5-9(8)12/h5-7,15H,3-4H2,1-2H3. The van der Waals surface area contributed by atoms with Gasteiger partial charge in [0.2, 0.25) is 0 Å². The first-order valence-corrected chi connectivity index (χ1v) is 5.55. The number of rotatable bonds is 3. The number of nitrogens with one attached hydrogen (secondary N) is 1. The van der Waals surface area contributed by atoms with Crippen molar-refractivity contribution in [3.05, 3.63) is 34.7 Å². The molecule has 0 radical (unpaired) electrons. The van der Waals surface area contributed by atoms with Crippen molar-refractivity contribution < 1.29 is 4.39 Å².